The topological polar surface area (TPSA) is 63.9 Å². The lowest BCUT2D eigenvalue weighted by Crippen LogP contribution is -2.51. The van der Waals surface area contributed by atoms with Gasteiger partial charge in [0.2, 0.25) is 0 Å². The van der Waals surface area contributed by atoms with Crippen molar-refractivity contribution in [3.05, 3.63) is 17.8 Å². The van der Waals surface area contributed by atoms with Crippen molar-refractivity contribution in [3.63, 3.8) is 0 Å². The highest BCUT2D eigenvalue weighted by molar-refractivity contribution is 6.04. The maximum atomic E-state index is 13.1. The fraction of sp³-hybridized carbons (Fsp3) is 0.571. The van der Waals surface area contributed by atoms with Gasteiger partial charge in [-0.1, -0.05) is 5.21 Å². The number of pyridine rings is 1. The van der Waals surface area contributed by atoms with E-state index in [2.05, 4.69) is 15.3 Å². The van der Waals surface area contributed by atoms with E-state index in [9.17, 15) is 18.0 Å². The number of fused-ring (bicyclic) bond motifs is 1. The van der Waals surface area contributed by atoms with Crippen molar-refractivity contribution < 1.29 is 18.0 Å². The zero-order valence-corrected chi connectivity index (χ0v) is 12.7. The average Bonchev–Trinajstić information content (AvgIpc) is 2.87. The Morgan fingerprint density at radius 1 is 1.39 bits per heavy atom. The summed E-state index contributed by atoms with van der Waals surface area (Å²) in [5.74, 6) is -1.96. The number of amides is 1. The minimum atomic E-state index is -4.31. The van der Waals surface area contributed by atoms with E-state index in [4.69, 9.17) is 0 Å². The summed E-state index contributed by atoms with van der Waals surface area (Å²) >= 11 is 0. The zero-order chi connectivity index (χ0) is 16.8. The van der Waals surface area contributed by atoms with Crippen LogP contribution in [0.2, 0.25) is 0 Å². The predicted octanol–water partition coefficient (Wildman–Crippen LogP) is 2.17. The highest BCUT2D eigenvalue weighted by atomic mass is 19.4. The lowest BCUT2D eigenvalue weighted by atomic mass is 9.89. The lowest BCUT2D eigenvalue weighted by Gasteiger charge is -2.40. The van der Waals surface area contributed by atoms with Gasteiger partial charge in [0.1, 0.15) is 5.52 Å². The monoisotopic (exact) mass is 327 g/mol. The maximum Gasteiger partial charge on any atom is 0.393 e. The molecule has 0 saturated carbocycles. The van der Waals surface area contributed by atoms with Gasteiger partial charge in [0.05, 0.1) is 11.5 Å². The summed E-state index contributed by atoms with van der Waals surface area (Å²) in [5, 5.41) is 7.72. The van der Waals surface area contributed by atoms with Gasteiger partial charge in [0.15, 0.2) is 5.65 Å². The fourth-order valence-corrected chi connectivity index (χ4v) is 3.13. The molecule has 3 rings (SSSR count). The zero-order valence-electron chi connectivity index (χ0n) is 12.7. The van der Waals surface area contributed by atoms with Crippen LogP contribution in [0.15, 0.2) is 12.3 Å². The molecule has 0 bridgehead atoms. The molecule has 1 aliphatic rings. The second-order valence-corrected chi connectivity index (χ2v) is 5.77. The molecule has 0 radical (unpaired) electrons. The highest BCUT2D eigenvalue weighted by Gasteiger charge is 2.47. The van der Waals surface area contributed by atoms with Crippen molar-refractivity contribution in [2.75, 3.05) is 6.54 Å². The first-order valence-electron chi connectivity index (χ1n) is 7.32. The van der Waals surface area contributed by atoms with E-state index in [1.165, 1.54) is 28.8 Å². The number of halogens is 3. The van der Waals surface area contributed by atoms with Crippen molar-refractivity contribution >= 4 is 17.1 Å². The van der Waals surface area contributed by atoms with Crippen molar-refractivity contribution in [2.45, 2.75) is 32.0 Å². The number of nitrogens with zero attached hydrogens (tertiary/aromatic N) is 5. The van der Waals surface area contributed by atoms with E-state index in [0.29, 0.717) is 24.1 Å². The van der Waals surface area contributed by atoms with E-state index >= 15 is 0 Å². The summed E-state index contributed by atoms with van der Waals surface area (Å²) in [7, 11) is 1.64. The number of hydrogen-bond acceptors (Lipinski definition) is 4. The third kappa shape index (κ3) is 2.64. The molecule has 2 aromatic rings. The van der Waals surface area contributed by atoms with Gasteiger partial charge in [-0.3, -0.25) is 4.79 Å². The highest BCUT2D eigenvalue weighted by Crippen LogP contribution is 2.38. The standard InChI is InChI=1S/C14H16F3N5O/c1-8-10(14(15,16)17)4-3-7-22(8)13(23)9-5-6-18-12-11(9)19-20-21(12)2/h5-6,8,10H,3-4,7H2,1-2H3. The summed E-state index contributed by atoms with van der Waals surface area (Å²) in [6.45, 7) is 1.75. The first-order chi connectivity index (χ1) is 10.8. The lowest BCUT2D eigenvalue weighted by molar-refractivity contribution is -0.195. The molecule has 2 unspecified atom stereocenters. The molecule has 124 valence electrons. The Labute approximate surface area is 130 Å². The van der Waals surface area contributed by atoms with Gasteiger partial charge in [0, 0.05) is 25.8 Å². The number of alkyl halides is 3. The van der Waals surface area contributed by atoms with E-state index in [-0.39, 0.29) is 12.0 Å². The number of aromatic nitrogens is 4. The minimum absolute atomic E-state index is 0.0470. The number of aryl methyl sites for hydroxylation is 1. The fourth-order valence-electron chi connectivity index (χ4n) is 3.13. The van der Waals surface area contributed by atoms with E-state index in [1.54, 1.807) is 7.05 Å². The number of carbonyl (C=O) groups is 1. The van der Waals surface area contributed by atoms with Gasteiger partial charge in [-0.25, -0.2) is 9.67 Å². The number of carbonyl (C=O) groups excluding carboxylic acids is 1. The first-order valence-corrected chi connectivity index (χ1v) is 7.32. The van der Waals surface area contributed by atoms with Gasteiger partial charge in [-0.05, 0) is 25.8 Å². The molecule has 0 spiro atoms. The molecule has 0 aliphatic carbocycles. The molecule has 1 saturated heterocycles. The molecule has 0 N–H and O–H groups in total. The second kappa shape index (κ2) is 5.47. The summed E-state index contributed by atoms with van der Waals surface area (Å²) in [6, 6.07) is 0.569. The average molecular weight is 327 g/mol. The third-order valence-corrected chi connectivity index (χ3v) is 4.39. The summed E-state index contributed by atoms with van der Waals surface area (Å²) in [5.41, 5.74) is 0.965. The Balaban J connectivity index is 1.95. The van der Waals surface area contributed by atoms with E-state index < -0.39 is 24.0 Å². The van der Waals surface area contributed by atoms with Crippen LogP contribution in [0.1, 0.15) is 30.1 Å². The van der Waals surface area contributed by atoms with Crippen LogP contribution in [0.3, 0.4) is 0 Å². The summed E-state index contributed by atoms with van der Waals surface area (Å²) in [6.07, 6.45) is -2.49. The molecule has 0 aromatic carbocycles. The Bertz CT molecular complexity index is 742. The number of hydrogen-bond donors (Lipinski definition) is 0. The van der Waals surface area contributed by atoms with Crippen LogP contribution >= 0.6 is 0 Å². The normalized spacial score (nSPS) is 22.6. The molecule has 1 fully saturated rings. The summed E-state index contributed by atoms with van der Waals surface area (Å²) < 4.78 is 40.8. The maximum absolute atomic E-state index is 13.1. The third-order valence-electron chi connectivity index (χ3n) is 4.39. The number of likely N-dealkylation sites (tertiary alicyclic amines) is 1. The Kier molecular flexibility index (Phi) is 3.73. The van der Waals surface area contributed by atoms with Crippen LogP contribution in [-0.2, 0) is 7.05 Å². The predicted molar refractivity (Wildman–Crippen MR) is 75.6 cm³/mol. The first kappa shape index (κ1) is 15.7. The van der Waals surface area contributed by atoms with Gasteiger partial charge in [-0.15, -0.1) is 5.10 Å². The molecule has 2 atom stereocenters. The molecule has 2 aromatic heterocycles. The molecule has 1 aliphatic heterocycles. The van der Waals surface area contributed by atoms with Crippen molar-refractivity contribution in [1.29, 1.82) is 0 Å². The smallest absolute Gasteiger partial charge is 0.335 e. The molecular formula is C14H16F3N5O. The Morgan fingerprint density at radius 3 is 2.83 bits per heavy atom. The van der Waals surface area contributed by atoms with Crippen LogP contribution in [0, 0.1) is 5.92 Å². The van der Waals surface area contributed by atoms with Crippen LogP contribution in [-0.4, -0.2) is 49.5 Å². The van der Waals surface area contributed by atoms with Crippen molar-refractivity contribution in [3.8, 4) is 0 Å². The van der Waals surface area contributed by atoms with Crippen LogP contribution in [0.5, 0.6) is 0 Å². The second-order valence-electron chi connectivity index (χ2n) is 5.77. The Morgan fingerprint density at radius 2 is 2.13 bits per heavy atom. The van der Waals surface area contributed by atoms with Crippen molar-refractivity contribution in [2.24, 2.45) is 13.0 Å². The van der Waals surface area contributed by atoms with Crippen LogP contribution in [0.25, 0.3) is 11.2 Å². The number of piperidine rings is 1. The molecule has 1 amide bonds. The Hall–Kier alpha value is -2.19. The van der Waals surface area contributed by atoms with Crippen molar-refractivity contribution in [1.82, 2.24) is 24.9 Å². The summed E-state index contributed by atoms with van der Waals surface area (Å²) in [4.78, 5) is 18.1. The largest absolute Gasteiger partial charge is 0.393 e. The van der Waals surface area contributed by atoms with Gasteiger partial charge in [-0.2, -0.15) is 13.2 Å². The van der Waals surface area contributed by atoms with Gasteiger partial charge >= 0.3 is 6.18 Å². The molecule has 6 nitrogen and oxygen atoms in total. The van der Waals surface area contributed by atoms with Gasteiger partial charge in [0.25, 0.3) is 5.91 Å². The number of rotatable bonds is 1. The van der Waals surface area contributed by atoms with E-state index in [0.717, 1.165) is 0 Å². The molecular weight excluding hydrogens is 311 g/mol. The SMILES string of the molecule is CC1C(C(F)(F)F)CCCN1C(=O)c1ccnc2c1nnn2C. The van der Waals surface area contributed by atoms with E-state index in [1.807, 2.05) is 0 Å². The minimum Gasteiger partial charge on any atom is -0.335 e. The van der Waals surface area contributed by atoms with Crippen LogP contribution < -0.4 is 0 Å². The van der Waals surface area contributed by atoms with Gasteiger partial charge < -0.3 is 4.90 Å². The molecule has 23 heavy (non-hydrogen) atoms. The quantitative estimate of drug-likeness (QED) is 0.805. The molecule has 9 heteroatoms. The molecule has 3 heterocycles. The van der Waals surface area contributed by atoms with Crippen LogP contribution in [0.4, 0.5) is 13.2 Å².